The van der Waals surface area contributed by atoms with Crippen molar-refractivity contribution in [1.82, 2.24) is 14.7 Å². The number of hydrogen-bond acceptors (Lipinski definition) is 3. The Kier molecular flexibility index (Phi) is 6.18. The summed E-state index contributed by atoms with van der Waals surface area (Å²) in [5, 5.41) is 5.08. The van der Waals surface area contributed by atoms with Gasteiger partial charge in [0.05, 0.1) is 11.3 Å². The van der Waals surface area contributed by atoms with Gasteiger partial charge < -0.3 is 4.90 Å². The van der Waals surface area contributed by atoms with E-state index >= 15 is 0 Å². The third-order valence-corrected chi connectivity index (χ3v) is 5.33. The highest BCUT2D eigenvalue weighted by Crippen LogP contribution is 2.20. The van der Waals surface area contributed by atoms with Crippen molar-refractivity contribution < 1.29 is 9.59 Å². The minimum absolute atomic E-state index is 0.203. The largest absolute Gasteiger partial charge is 0.337 e. The molecule has 5 nitrogen and oxygen atoms in total. The molecule has 0 bridgehead atoms. The number of nitrogens with zero attached hydrogens (tertiary/aromatic N) is 3. The predicted molar refractivity (Wildman–Crippen MR) is 114 cm³/mol. The molecular formula is C23H24ClN3O2. The first-order chi connectivity index (χ1) is 13.8. The maximum absolute atomic E-state index is 13.2. The van der Waals surface area contributed by atoms with Crippen LogP contribution in [0.15, 0.2) is 48.5 Å². The number of aromatic nitrogens is 2. The maximum atomic E-state index is 13.2. The topological polar surface area (TPSA) is 55.2 Å². The summed E-state index contributed by atoms with van der Waals surface area (Å²) in [4.78, 5) is 27.8. The normalized spacial score (nSPS) is 10.8. The molecule has 1 heterocycles. The number of benzene rings is 2. The van der Waals surface area contributed by atoms with Crippen molar-refractivity contribution in [2.75, 3.05) is 7.05 Å². The molecule has 0 radical (unpaired) electrons. The summed E-state index contributed by atoms with van der Waals surface area (Å²) < 4.78 is 1.93. The summed E-state index contributed by atoms with van der Waals surface area (Å²) in [6.45, 7) is 7.21. The number of carbonyl (C=O) groups excluding carboxylic acids is 2. The van der Waals surface area contributed by atoms with E-state index in [1.54, 1.807) is 60.5 Å². The van der Waals surface area contributed by atoms with E-state index in [0.29, 0.717) is 28.3 Å². The van der Waals surface area contributed by atoms with Crippen LogP contribution in [0.4, 0.5) is 0 Å². The van der Waals surface area contributed by atoms with Crippen LogP contribution in [0.2, 0.25) is 5.02 Å². The Labute approximate surface area is 175 Å². The second-order valence-corrected chi connectivity index (χ2v) is 7.44. The molecule has 29 heavy (non-hydrogen) atoms. The van der Waals surface area contributed by atoms with Crippen molar-refractivity contribution in [3.8, 4) is 0 Å². The van der Waals surface area contributed by atoms with Crippen LogP contribution in [0.3, 0.4) is 0 Å². The van der Waals surface area contributed by atoms with Crippen molar-refractivity contribution in [3.63, 3.8) is 0 Å². The molecule has 150 valence electrons. The van der Waals surface area contributed by atoms with E-state index in [-0.39, 0.29) is 11.7 Å². The zero-order valence-electron chi connectivity index (χ0n) is 17.1. The number of aryl methyl sites for hydroxylation is 2. The van der Waals surface area contributed by atoms with Gasteiger partial charge in [0.1, 0.15) is 0 Å². The Morgan fingerprint density at radius 3 is 2.24 bits per heavy atom. The van der Waals surface area contributed by atoms with Gasteiger partial charge in [0.2, 0.25) is 0 Å². The van der Waals surface area contributed by atoms with Crippen LogP contribution in [0.25, 0.3) is 0 Å². The first-order valence-electron chi connectivity index (χ1n) is 9.51. The Morgan fingerprint density at radius 1 is 1.03 bits per heavy atom. The smallest absolute Gasteiger partial charge is 0.254 e. The lowest BCUT2D eigenvalue weighted by molar-refractivity contribution is 0.0780. The number of ketones is 1. The number of rotatable bonds is 6. The van der Waals surface area contributed by atoms with E-state index in [2.05, 4.69) is 5.10 Å². The van der Waals surface area contributed by atoms with Crippen LogP contribution in [-0.2, 0) is 13.1 Å². The molecule has 0 unspecified atom stereocenters. The van der Waals surface area contributed by atoms with Gasteiger partial charge in [0.15, 0.2) is 5.78 Å². The highest BCUT2D eigenvalue weighted by atomic mass is 35.5. The first-order valence-corrected chi connectivity index (χ1v) is 9.89. The first kappa shape index (κ1) is 20.8. The monoisotopic (exact) mass is 409 g/mol. The quantitative estimate of drug-likeness (QED) is 0.555. The van der Waals surface area contributed by atoms with Crippen molar-refractivity contribution in [1.29, 1.82) is 0 Å². The highest BCUT2D eigenvalue weighted by Gasteiger charge is 2.22. The number of hydrogen-bond donors (Lipinski definition) is 0. The fraction of sp³-hybridized carbons (Fsp3) is 0.261. The molecule has 0 aliphatic rings. The standard InChI is InChI=1S/C23H24ClN3O2/c1-5-27-16(3)21(15(2)25-27)14-26(4)23(29)20-9-7-6-8-19(20)22(28)17-10-12-18(24)13-11-17/h6-13H,5,14H2,1-4H3. The second kappa shape index (κ2) is 8.62. The van der Waals surface area contributed by atoms with E-state index in [1.807, 2.05) is 25.5 Å². The van der Waals surface area contributed by atoms with Crippen molar-refractivity contribution in [2.24, 2.45) is 0 Å². The van der Waals surface area contributed by atoms with Gasteiger partial charge in [-0.15, -0.1) is 0 Å². The third-order valence-electron chi connectivity index (χ3n) is 5.08. The summed E-state index contributed by atoms with van der Waals surface area (Å²) in [7, 11) is 1.74. The molecule has 0 saturated carbocycles. The summed E-state index contributed by atoms with van der Waals surface area (Å²) >= 11 is 5.92. The molecule has 3 rings (SSSR count). The van der Waals surface area contributed by atoms with Crippen LogP contribution in [0, 0.1) is 13.8 Å². The third kappa shape index (κ3) is 4.25. The minimum atomic E-state index is -0.204. The summed E-state index contributed by atoms with van der Waals surface area (Å²) in [5.41, 5.74) is 4.25. The van der Waals surface area contributed by atoms with E-state index < -0.39 is 0 Å². The van der Waals surface area contributed by atoms with E-state index in [9.17, 15) is 9.59 Å². The number of halogens is 1. The lowest BCUT2D eigenvalue weighted by atomic mass is 9.97. The van der Waals surface area contributed by atoms with Crippen LogP contribution in [0.5, 0.6) is 0 Å². The van der Waals surface area contributed by atoms with Gasteiger partial charge in [-0.05, 0) is 51.1 Å². The number of amides is 1. The van der Waals surface area contributed by atoms with Crippen LogP contribution in [-0.4, -0.2) is 33.4 Å². The lowest BCUT2D eigenvalue weighted by Gasteiger charge is -2.19. The molecule has 1 aromatic heterocycles. The van der Waals surface area contributed by atoms with Crippen molar-refractivity contribution in [2.45, 2.75) is 33.9 Å². The van der Waals surface area contributed by atoms with Gasteiger partial charge in [0, 0.05) is 47.5 Å². The van der Waals surface area contributed by atoms with Gasteiger partial charge in [-0.1, -0.05) is 29.8 Å². The molecule has 0 N–H and O–H groups in total. The van der Waals surface area contributed by atoms with Gasteiger partial charge in [-0.3, -0.25) is 14.3 Å². The van der Waals surface area contributed by atoms with E-state index in [1.165, 1.54) is 0 Å². The molecule has 0 spiro atoms. The molecule has 3 aromatic rings. The van der Waals surface area contributed by atoms with Crippen LogP contribution >= 0.6 is 11.6 Å². The fourth-order valence-corrected chi connectivity index (χ4v) is 3.54. The second-order valence-electron chi connectivity index (χ2n) is 7.01. The Bertz CT molecular complexity index is 1050. The van der Waals surface area contributed by atoms with Crippen molar-refractivity contribution >= 4 is 23.3 Å². The Hall–Kier alpha value is -2.92. The van der Waals surface area contributed by atoms with E-state index in [0.717, 1.165) is 23.5 Å². The molecule has 0 fully saturated rings. The maximum Gasteiger partial charge on any atom is 0.254 e. The molecule has 6 heteroatoms. The van der Waals surface area contributed by atoms with Gasteiger partial charge in [-0.25, -0.2) is 0 Å². The minimum Gasteiger partial charge on any atom is -0.337 e. The van der Waals surface area contributed by atoms with Crippen LogP contribution in [0.1, 0.15) is 50.2 Å². The molecule has 0 aliphatic heterocycles. The highest BCUT2D eigenvalue weighted by molar-refractivity contribution is 6.30. The molecule has 0 aliphatic carbocycles. The average molecular weight is 410 g/mol. The van der Waals surface area contributed by atoms with Crippen LogP contribution < -0.4 is 0 Å². The zero-order valence-corrected chi connectivity index (χ0v) is 17.8. The van der Waals surface area contributed by atoms with E-state index in [4.69, 9.17) is 11.6 Å². The average Bonchev–Trinajstić information content (AvgIpc) is 3.00. The fourth-order valence-electron chi connectivity index (χ4n) is 3.41. The molecule has 0 atom stereocenters. The molecule has 1 amide bonds. The Balaban J connectivity index is 1.89. The summed E-state index contributed by atoms with van der Waals surface area (Å²) in [6, 6.07) is 13.6. The number of carbonyl (C=O) groups is 2. The predicted octanol–water partition coefficient (Wildman–Crippen LogP) is 4.68. The van der Waals surface area contributed by atoms with Gasteiger partial charge in [0.25, 0.3) is 5.91 Å². The Morgan fingerprint density at radius 2 is 1.66 bits per heavy atom. The van der Waals surface area contributed by atoms with Gasteiger partial charge in [-0.2, -0.15) is 5.10 Å². The SMILES string of the molecule is CCn1nc(C)c(CN(C)C(=O)c2ccccc2C(=O)c2ccc(Cl)cc2)c1C. The summed E-state index contributed by atoms with van der Waals surface area (Å²) in [5.74, 6) is -0.406. The zero-order chi connectivity index (χ0) is 21.1. The molecule has 0 saturated heterocycles. The van der Waals surface area contributed by atoms with Crippen molar-refractivity contribution in [3.05, 3.63) is 87.2 Å². The van der Waals surface area contributed by atoms with Gasteiger partial charge >= 0.3 is 0 Å². The lowest BCUT2D eigenvalue weighted by Crippen LogP contribution is -2.28. The summed E-state index contributed by atoms with van der Waals surface area (Å²) in [6.07, 6.45) is 0. The molecule has 2 aromatic carbocycles. The molecular weight excluding hydrogens is 386 g/mol.